The summed E-state index contributed by atoms with van der Waals surface area (Å²) in [6.07, 6.45) is -5.56. The molecule has 10 heteroatoms. The van der Waals surface area contributed by atoms with E-state index in [1.807, 2.05) is 0 Å². The zero-order valence-corrected chi connectivity index (χ0v) is 15.3. The zero-order valence-electron chi connectivity index (χ0n) is 15.3. The average Bonchev–Trinajstić information content (AvgIpc) is 2.70. The van der Waals surface area contributed by atoms with Gasteiger partial charge in [-0.2, -0.15) is 31.6 Å². The summed E-state index contributed by atoms with van der Waals surface area (Å²) in [5.74, 6) is -2.82. The minimum Gasteiger partial charge on any atom is -0.373 e. The van der Waals surface area contributed by atoms with Gasteiger partial charge in [-0.3, -0.25) is 9.78 Å². The van der Waals surface area contributed by atoms with E-state index in [-0.39, 0.29) is 6.07 Å². The van der Waals surface area contributed by atoms with Gasteiger partial charge in [-0.05, 0) is 35.9 Å². The van der Waals surface area contributed by atoms with Crippen LogP contribution in [0.25, 0.3) is 0 Å². The van der Waals surface area contributed by atoms with Crippen molar-refractivity contribution in [1.29, 1.82) is 5.26 Å². The van der Waals surface area contributed by atoms with Crippen molar-refractivity contribution >= 4 is 5.78 Å². The summed E-state index contributed by atoms with van der Waals surface area (Å²) in [5, 5.41) is 9.25. The normalized spacial score (nSPS) is 14.3. The number of carbonyl (C=O) groups excluding carboxylic acids is 1. The first-order valence-electron chi connectivity index (χ1n) is 8.31. The molecular formula is C20H14F6N2O2. The van der Waals surface area contributed by atoms with Gasteiger partial charge in [-0.15, -0.1) is 0 Å². The van der Waals surface area contributed by atoms with Crippen molar-refractivity contribution in [2.75, 3.05) is 7.11 Å². The third-order valence-electron chi connectivity index (χ3n) is 4.06. The van der Waals surface area contributed by atoms with E-state index in [0.29, 0.717) is 17.7 Å². The summed E-state index contributed by atoms with van der Waals surface area (Å²) in [5.41, 5.74) is -3.52. The van der Waals surface area contributed by atoms with Gasteiger partial charge >= 0.3 is 12.4 Å². The lowest BCUT2D eigenvalue weighted by molar-refractivity contribution is -0.143. The Labute approximate surface area is 167 Å². The largest absolute Gasteiger partial charge is 0.416 e. The lowest BCUT2D eigenvalue weighted by Gasteiger charge is -2.15. The van der Waals surface area contributed by atoms with Crippen LogP contribution < -0.4 is 0 Å². The summed E-state index contributed by atoms with van der Waals surface area (Å²) in [6, 6.07) is 5.29. The number of allylic oxidation sites excluding steroid dienone is 1. The Kier molecular flexibility index (Phi) is 7.00. The first-order valence-corrected chi connectivity index (χ1v) is 8.31. The van der Waals surface area contributed by atoms with Gasteiger partial charge in [0.15, 0.2) is 5.78 Å². The third-order valence-corrected chi connectivity index (χ3v) is 4.06. The molecule has 0 fully saturated rings. The van der Waals surface area contributed by atoms with Crippen LogP contribution in [0.5, 0.6) is 0 Å². The molecule has 158 valence electrons. The van der Waals surface area contributed by atoms with Gasteiger partial charge in [0.1, 0.15) is 12.0 Å². The zero-order chi connectivity index (χ0) is 22.5. The van der Waals surface area contributed by atoms with Crippen LogP contribution in [0.3, 0.4) is 0 Å². The molecule has 1 aromatic carbocycles. The molecule has 0 radical (unpaired) electrons. The van der Waals surface area contributed by atoms with Gasteiger partial charge in [0.05, 0.1) is 17.2 Å². The molecule has 0 N–H and O–H groups in total. The van der Waals surface area contributed by atoms with Crippen LogP contribution in [-0.2, 0) is 17.1 Å². The van der Waals surface area contributed by atoms with Crippen LogP contribution >= 0.6 is 0 Å². The monoisotopic (exact) mass is 428 g/mol. The lowest BCUT2D eigenvalue weighted by atomic mass is 9.94. The molecule has 0 aliphatic rings. The molecule has 0 spiro atoms. The maximum Gasteiger partial charge on any atom is 0.416 e. The fourth-order valence-electron chi connectivity index (χ4n) is 2.56. The Morgan fingerprint density at radius 2 is 1.57 bits per heavy atom. The number of carbonyl (C=O) groups is 1. The summed E-state index contributed by atoms with van der Waals surface area (Å²) >= 11 is 0. The average molecular weight is 428 g/mol. The number of hydrogen-bond acceptors (Lipinski definition) is 4. The highest BCUT2D eigenvalue weighted by Crippen LogP contribution is 2.36. The second-order valence-corrected chi connectivity index (χ2v) is 6.09. The highest BCUT2D eigenvalue weighted by Gasteiger charge is 2.38. The summed E-state index contributed by atoms with van der Waals surface area (Å²) in [7, 11) is 1.35. The highest BCUT2D eigenvalue weighted by atomic mass is 19.4. The standard InChI is InChI=1S/C20H14F6N2O2/c1-30-17(12-4-6-28-7-5-12)3-2-13(11-27)18(29)14-8-15(19(21,22)23)10-16(9-14)20(24,25)26/h2-10,13,17H,1H3. The Morgan fingerprint density at radius 1 is 1.03 bits per heavy atom. The van der Waals surface area contributed by atoms with E-state index in [1.165, 1.54) is 25.6 Å². The lowest BCUT2D eigenvalue weighted by Crippen LogP contribution is -2.16. The Morgan fingerprint density at radius 3 is 2.00 bits per heavy atom. The van der Waals surface area contributed by atoms with Crippen LogP contribution in [0.4, 0.5) is 26.3 Å². The maximum atomic E-state index is 13.0. The molecule has 4 nitrogen and oxygen atoms in total. The summed E-state index contributed by atoms with van der Waals surface area (Å²) in [4.78, 5) is 16.3. The number of ether oxygens (including phenoxy) is 1. The predicted octanol–water partition coefficient (Wildman–Crippen LogP) is 5.39. The molecule has 2 unspecified atom stereocenters. The first-order chi connectivity index (χ1) is 14.0. The van der Waals surface area contributed by atoms with Crippen LogP contribution in [0.1, 0.15) is 33.2 Å². The number of nitrogens with zero attached hydrogens (tertiary/aromatic N) is 2. The van der Waals surface area contributed by atoms with E-state index < -0.39 is 46.8 Å². The summed E-state index contributed by atoms with van der Waals surface area (Å²) in [6.45, 7) is 0. The quantitative estimate of drug-likeness (QED) is 0.352. The Bertz CT molecular complexity index is 930. The van der Waals surface area contributed by atoms with Gasteiger partial charge in [0, 0.05) is 25.1 Å². The molecule has 0 saturated carbocycles. The van der Waals surface area contributed by atoms with Crippen LogP contribution in [0.2, 0.25) is 0 Å². The molecule has 1 aromatic heterocycles. The van der Waals surface area contributed by atoms with Crippen molar-refractivity contribution < 1.29 is 35.9 Å². The van der Waals surface area contributed by atoms with E-state index in [2.05, 4.69) is 4.98 Å². The number of aromatic nitrogens is 1. The fraction of sp³-hybridized carbons (Fsp3) is 0.250. The highest BCUT2D eigenvalue weighted by molar-refractivity contribution is 6.00. The van der Waals surface area contributed by atoms with Crippen molar-refractivity contribution in [3.05, 3.63) is 77.1 Å². The molecule has 2 atom stereocenters. The smallest absolute Gasteiger partial charge is 0.373 e. The number of alkyl halides is 6. The number of benzene rings is 1. The second-order valence-electron chi connectivity index (χ2n) is 6.09. The van der Waals surface area contributed by atoms with Crippen molar-refractivity contribution in [1.82, 2.24) is 4.98 Å². The van der Waals surface area contributed by atoms with Crippen LogP contribution in [-0.4, -0.2) is 17.9 Å². The molecule has 2 rings (SSSR count). The molecule has 2 aromatic rings. The molecular weight excluding hydrogens is 414 g/mol. The van der Waals surface area contributed by atoms with Gasteiger partial charge < -0.3 is 4.74 Å². The van der Waals surface area contributed by atoms with Crippen molar-refractivity contribution in [2.45, 2.75) is 18.5 Å². The number of nitriles is 1. The van der Waals surface area contributed by atoms with E-state index in [9.17, 15) is 36.4 Å². The van der Waals surface area contributed by atoms with Crippen molar-refractivity contribution in [3.63, 3.8) is 0 Å². The van der Waals surface area contributed by atoms with Crippen molar-refractivity contribution in [3.8, 4) is 6.07 Å². The SMILES string of the molecule is COC(C=CC(C#N)C(=O)c1cc(C(F)(F)F)cc(C(F)(F)F)c1)c1ccncc1. The van der Waals surface area contributed by atoms with Gasteiger partial charge in [-0.25, -0.2) is 0 Å². The Hall–Kier alpha value is -3.19. The fourth-order valence-corrected chi connectivity index (χ4v) is 2.56. The number of halogens is 6. The summed E-state index contributed by atoms with van der Waals surface area (Å²) < 4.78 is 83.2. The number of Topliss-reactive ketones (excluding diaryl/α,β-unsaturated/α-hetero) is 1. The maximum absolute atomic E-state index is 13.0. The van der Waals surface area contributed by atoms with E-state index in [0.717, 1.165) is 6.08 Å². The molecule has 30 heavy (non-hydrogen) atoms. The topological polar surface area (TPSA) is 63.0 Å². The number of methoxy groups -OCH3 is 1. The minimum absolute atomic E-state index is 0.0849. The van der Waals surface area contributed by atoms with E-state index in [4.69, 9.17) is 4.74 Å². The number of ketones is 1. The van der Waals surface area contributed by atoms with Gasteiger partial charge in [-0.1, -0.05) is 12.2 Å². The third kappa shape index (κ3) is 5.67. The van der Waals surface area contributed by atoms with E-state index >= 15 is 0 Å². The minimum atomic E-state index is -5.10. The van der Waals surface area contributed by atoms with E-state index in [1.54, 1.807) is 18.2 Å². The number of rotatable bonds is 6. The first kappa shape index (κ1) is 23.1. The molecule has 0 bridgehead atoms. The van der Waals surface area contributed by atoms with Gasteiger partial charge in [0.25, 0.3) is 0 Å². The molecule has 1 heterocycles. The van der Waals surface area contributed by atoms with Crippen LogP contribution in [0, 0.1) is 17.2 Å². The molecule has 0 aliphatic carbocycles. The molecule has 0 saturated heterocycles. The van der Waals surface area contributed by atoms with Gasteiger partial charge in [0.2, 0.25) is 0 Å². The molecule has 0 amide bonds. The molecule has 0 aliphatic heterocycles. The number of hydrogen-bond donors (Lipinski definition) is 0. The number of pyridine rings is 1. The van der Waals surface area contributed by atoms with Crippen LogP contribution in [0.15, 0.2) is 54.9 Å². The predicted molar refractivity (Wildman–Crippen MR) is 93.0 cm³/mol. The van der Waals surface area contributed by atoms with Crippen molar-refractivity contribution in [2.24, 2.45) is 5.92 Å². The second kappa shape index (κ2) is 9.09. The Balaban J connectivity index is 2.40.